The molecule has 0 unspecified atom stereocenters. The van der Waals surface area contributed by atoms with E-state index in [1.54, 1.807) is 17.0 Å². The lowest BCUT2D eigenvalue weighted by molar-refractivity contribution is -0.128. The van der Waals surface area contributed by atoms with Gasteiger partial charge in [0.05, 0.1) is 18.9 Å². The van der Waals surface area contributed by atoms with Crippen molar-refractivity contribution < 1.29 is 18.7 Å². The fraction of sp³-hybridized carbons (Fsp3) is 0.321. The summed E-state index contributed by atoms with van der Waals surface area (Å²) in [6, 6.07) is 19.5. The molecule has 2 saturated heterocycles. The molecule has 3 aromatic carbocycles. The van der Waals surface area contributed by atoms with Crippen LogP contribution in [0.5, 0.6) is 0 Å². The minimum atomic E-state index is -0.572. The summed E-state index contributed by atoms with van der Waals surface area (Å²) in [6.07, 6.45) is 0.818. The Morgan fingerprint density at radius 3 is 2.59 bits per heavy atom. The van der Waals surface area contributed by atoms with Gasteiger partial charge in [-0.25, -0.2) is 9.38 Å². The molecule has 3 aromatic rings. The van der Waals surface area contributed by atoms with Gasteiger partial charge in [-0.05, 0) is 42.1 Å². The molecule has 2 aliphatic rings. The maximum Gasteiger partial charge on any atom is 0.242 e. The molecule has 192 valence electrons. The van der Waals surface area contributed by atoms with Gasteiger partial charge in [0.25, 0.3) is 0 Å². The van der Waals surface area contributed by atoms with E-state index in [4.69, 9.17) is 4.74 Å². The predicted molar refractivity (Wildman–Crippen MR) is 146 cm³/mol. The second-order valence-corrected chi connectivity index (χ2v) is 10.2. The van der Waals surface area contributed by atoms with Crippen molar-refractivity contribution in [3.05, 3.63) is 72.5 Å². The first-order valence-corrected chi connectivity index (χ1v) is 13.3. The largest absolute Gasteiger partial charge is 0.379 e. The number of nitrogens with zero attached hydrogens (tertiary/aromatic N) is 3. The molecule has 0 radical (unpaired) electrons. The number of nitrogens with one attached hydrogen (secondary N) is 1. The zero-order valence-electron chi connectivity index (χ0n) is 20.4. The molecule has 1 atom stereocenters. The zero-order valence-corrected chi connectivity index (χ0v) is 21.3. The topological polar surface area (TPSA) is 74.2 Å². The minimum absolute atomic E-state index is 0.0368. The van der Waals surface area contributed by atoms with Crippen molar-refractivity contribution in [3.8, 4) is 0 Å². The van der Waals surface area contributed by atoms with Crippen LogP contribution < -0.4 is 5.32 Å². The number of amidine groups is 1. The number of amides is 2. The minimum Gasteiger partial charge on any atom is -0.379 e. The summed E-state index contributed by atoms with van der Waals surface area (Å²) in [5.74, 6) is -0.691. The smallest absolute Gasteiger partial charge is 0.242 e. The number of anilines is 1. The third-order valence-corrected chi connectivity index (χ3v) is 7.64. The average Bonchev–Trinajstić information content (AvgIpc) is 3.19. The summed E-state index contributed by atoms with van der Waals surface area (Å²) in [5, 5.41) is 4.94. The molecule has 5 rings (SSSR count). The van der Waals surface area contributed by atoms with Crippen LogP contribution in [0.15, 0.2) is 71.7 Å². The second-order valence-electron chi connectivity index (χ2n) is 9.05. The number of benzene rings is 3. The lowest BCUT2D eigenvalue weighted by Crippen LogP contribution is -2.39. The quantitative estimate of drug-likeness (QED) is 0.468. The van der Waals surface area contributed by atoms with Crippen molar-refractivity contribution in [1.82, 2.24) is 9.80 Å². The van der Waals surface area contributed by atoms with Crippen molar-refractivity contribution in [2.45, 2.75) is 18.1 Å². The highest BCUT2D eigenvalue weighted by molar-refractivity contribution is 8.15. The molecule has 37 heavy (non-hydrogen) atoms. The number of hydrogen-bond donors (Lipinski definition) is 1. The third kappa shape index (κ3) is 6.36. The standard InChI is InChI=1S/C28H29FN4O3S/c29-21-9-11-22(12-10-21)30-28-33(14-4-13-32-15-17-36-18-16-32)27(35)25(37-28)19-26(34)31-24-8-3-6-20-5-1-2-7-23(20)24/h1-3,5-12,25H,4,13-19H2,(H,31,34)/t25-/m1/s1. The highest BCUT2D eigenvalue weighted by Crippen LogP contribution is 2.32. The highest BCUT2D eigenvalue weighted by Gasteiger charge is 2.39. The number of carbonyl (C=O) groups is 2. The van der Waals surface area contributed by atoms with Crippen LogP contribution in [0.2, 0.25) is 0 Å². The van der Waals surface area contributed by atoms with Crippen LogP contribution in [0.4, 0.5) is 15.8 Å². The van der Waals surface area contributed by atoms with Gasteiger partial charge in [0.2, 0.25) is 11.8 Å². The van der Waals surface area contributed by atoms with E-state index >= 15 is 0 Å². The first-order chi connectivity index (χ1) is 18.1. The summed E-state index contributed by atoms with van der Waals surface area (Å²) < 4.78 is 18.8. The molecular formula is C28H29FN4O3S. The van der Waals surface area contributed by atoms with Crippen LogP contribution in [0.1, 0.15) is 12.8 Å². The molecule has 2 fully saturated rings. The van der Waals surface area contributed by atoms with E-state index in [1.807, 2.05) is 42.5 Å². The lowest BCUT2D eigenvalue weighted by Gasteiger charge is -2.27. The van der Waals surface area contributed by atoms with Crippen LogP contribution in [-0.4, -0.2) is 71.4 Å². The number of fused-ring (bicyclic) bond motifs is 1. The molecule has 0 saturated carbocycles. The number of morpholine rings is 1. The van der Waals surface area contributed by atoms with Crippen LogP contribution in [0, 0.1) is 5.82 Å². The Kier molecular flexibility index (Phi) is 8.13. The van der Waals surface area contributed by atoms with E-state index in [9.17, 15) is 14.0 Å². The molecular weight excluding hydrogens is 491 g/mol. The van der Waals surface area contributed by atoms with Crippen molar-refractivity contribution >= 4 is 50.9 Å². The normalized spacial score (nSPS) is 19.6. The summed E-state index contributed by atoms with van der Waals surface area (Å²) in [4.78, 5) is 35.0. The number of aliphatic imine (C=N–C) groups is 1. The van der Waals surface area contributed by atoms with E-state index in [-0.39, 0.29) is 24.1 Å². The van der Waals surface area contributed by atoms with E-state index in [0.29, 0.717) is 17.4 Å². The van der Waals surface area contributed by atoms with E-state index in [0.717, 1.165) is 55.7 Å². The molecule has 7 nitrogen and oxygen atoms in total. The Morgan fingerprint density at radius 1 is 1.03 bits per heavy atom. The van der Waals surface area contributed by atoms with Gasteiger partial charge in [-0.1, -0.05) is 48.2 Å². The molecule has 0 aromatic heterocycles. The molecule has 9 heteroatoms. The summed E-state index contributed by atoms with van der Waals surface area (Å²) in [5.41, 5.74) is 1.29. The van der Waals surface area contributed by atoms with Crippen molar-refractivity contribution in [1.29, 1.82) is 0 Å². The Balaban J connectivity index is 1.28. The van der Waals surface area contributed by atoms with Crippen LogP contribution in [-0.2, 0) is 14.3 Å². The van der Waals surface area contributed by atoms with E-state index in [1.165, 1.54) is 23.9 Å². The first kappa shape index (κ1) is 25.4. The van der Waals surface area contributed by atoms with Gasteiger partial charge in [0, 0.05) is 43.7 Å². The fourth-order valence-electron chi connectivity index (χ4n) is 4.54. The number of rotatable bonds is 8. The number of ether oxygens (including phenoxy) is 1. The van der Waals surface area contributed by atoms with Crippen LogP contribution in [0.25, 0.3) is 10.8 Å². The molecule has 0 spiro atoms. The zero-order chi connectivity index (χ0) is 25.6. The molecule has 2 amide bonds. The molecule has 0 aliphatic carbocycles. The SMILES string of the molecule is O=C(C[C@H]1SC(=Nc2ccc(F)cc2)N(CCCN2CCOCC2)C1=O)Nc1cccc2ccccc12. The summed E-state index contributed by atoms with van der Waals surface area (Å²) in [6.45, 7) is 4.58. The number of thioether (sulfide) groups is 1. The van der Waals surface area contributed by atoms with Gasteiger partial charge in [0.15, 0.2) is 5.17 Å². The van der Waals surface area contributed by atoms with Gasteiger partial charge in [-0.15, -0.1) is 0 Å². The first-order valence-electron chi connectivity index (χ1n) is 12.5. The number of carbonyl (C=O) groups excluding carboxylic acids is 2. The molecule has 2 aliphatic heterocycles. The highest BCUT2D eigenvalue weighted by atomic mass is 32.2. The third-order valence-electron chi connectivity index (χ3n) is 6.47. The van der Waals surface area contributed by atoms with Gasteiger partial charge >= 0.3 is 0 Å². The van der Waals surface area contributed by atoms with Gasteiger partial charge < -0.3 is 10.1 Å². The van der Waals surface area contributed by atoms with E-state index < -0.39 is 5.25 Å². The number of hydrogen-bond acceptors (Lipinski definition) is 6. The Bertz CT molecular complexity index is 1290. The Labute approximate surface area is 219 Å². The van der Waals surface area contributed by atoms with Gasteiger partial charge in [-0.2, -0.15) is 0 Å². The number of halogens is 1. The Hall–Kier alpha value is -3.27. The maximum atomic E-state index is 13.4. The summed E-state index contributed by atoms with van der Waals surface area (Å²) >= 11 is 1.29. The van der Waals surface area contributed by atoms with Gasteiger partial charge in [0.1, 0.15) is 11.1 Å². The van der Waals surface area contributed by atoms with Crippen LogP contribution in [0.3, 0.4) is 0 Å². The van der Waals surface area contributed by atoms with Crippen LogP contribution >= 0.6 is 11.8 Å². The van der Waals surface area contributed by atoms with Crippen molar-refractivity contribution in [2.75, 3.05) is 44.7 Å². The summed E-state index contributed by atoms with van der Waals surface area (Å²) in [7, 11) is 0. The molecule has 1 N–H and O–H groups in total. The fourth-order valence-corrected chi connectivity index (χ4v) is 5.72. The molecule has 2 heterocycles. The maximum absolute atomic E-state index is 13.4. The molecule has 0 bridgehead atoms. The van der Waals surface area contributed by atoms with E-state index in [2.05, 4.69) is 15.2 Å². The van der Waals surface area contributed by atoms with Crippen molar-refractivity contribution in [2.24, 2.45) is 4.99 Å². The predicted octanol–water partition coefficient (Wildman–Crippen LogP) is 4.66. The van der Waals surface area contributed by atoms with Crippen molar-refractivity contribution in [3.63, 3.8) is 0 Å². The average molecular weight is 521 g/mol. The lowest BCUT2D eigenvalue weighted by atomic mass is 10.1. The second kappa shape index (κ2) is 11.9. The monoisotopic (exact) mass is 520 g/mol. The van der Waals surface area contributed by atoms with Gasteiger partial charge in [-0.3, -0.25) is 19.4 Å². The Morgan fingerprint density at radius 2 is 1.78 bits per heavy atom.